The summed E-state index contributed by atoms with van der Waals surface area (Å²) in [5.41, 5.74) is 2.51. The van der Waals surface area contributed by atoms with Gasteiger partial charge in [0.25, 0.3) is 0 Å². The number of benzene rings is 1. The zero-order chi connectivity index (χ0) is 16.1. The molecule has 0 aliphatic heterocycles. The number of nitrogens with zero attached hydrogens (tertiary/aromatic N) is 1. The van der Waals surface area contributed by atoms with Crippen LogP contribution in [0.5, 0.6) is 0 Å². The summed E-state index contributed by atoms with van der Waals surface area (Å²) in [5.74, 6) is 0.828. The van der Waals surface area contributed by atoms with Crippen molar-refractivity contribution >= 4 is 44.1 Å². The maximum absolute atomic E-state index is 4.27. The third kappa shape index (κ3) is 4.14. The summed E-state index contributed by atoms with van der Waals surface area (Å²) >= 11 is 5.20. The van der Waals surface area contributed by atoms with Gasteiger partial charge in [0.1, 0.15) is 0 Å². The van der Waals surface area contributed by atoms with Crippen LogP contribution in [0.1, 0.15) is 10.4 Å². The molecule has 2 aromatic heterocycles. The van der Waals surface area contributed by atoms with Crippen LogP contribution in [0.3, 0.4) is 0 Å². The lowest BCUT2D eigenvalue weighted by molar-refractivity contribution is 0.801. The Kier molecular flexibility index (Phi) is 5.35. The molecule has 0 unspecified atom stereocenters. The molecule has 0 aliphatic carbocycles. The smallest absolute Gasteiger partial charge is 0.191 e. The summed E-state index contributed by atoms with van der Waals surface area (Å²) in [4.78, 5) is 8.86. The summed E-state index contributed by atoms with van der Waals surface area (Å²) in [6.45, 7) is 1.62. The van der Waals surface area contributed by atoms with Gasteiger partial charge in [-0.3, -0.25) is 4.99 Å². The number of hydrogen-bond donors (Lipinski definition) is 3. The number of guanidine groups is 1. The topological polar surface area (TPSA) is 52.2 Å². The number of H-pyrrole nitrogens is 1. The van der Waals surface area contributed by atoms with Gasteiger partial charge in [-0.2, -0.15) is 0 Å². The van der Waals surface area contributed by atoms with E-state index < -0.39 is 0 Å². The number of fused-ring (bicyclic) bond motifs is 1. The fraction of sp³-hybridized carbons (Fsp3) is 0.235. The minimum atomic E-state index is 0.781. The molecule has 4 nitrogen and oxygen atoms in total. The van der Waals surface area contributed by atoms with E-state index in [0.29, 0.717) is 0 Å². The molecule has 6 heteroatoms. The van der Waals surface area contributed by atoms with E-state index in [1.54, 1.807) is 18.4 Å². The van der Waals surface area contributed by atoms with Crippen molar-refractivity contribution < 1.29 is 0 Å². The molecule has 0 atom stereocenters. The highest BCUT2D eigenvalue weighted by molar-refractivity contribution is 9.10. The second-order valence-corrected chi connectivity index (χ2v) is 7.10. The Morgan fingerprint density at radius 2 is 2.17 bits per heavy atom. The molecular weight excluding hydrogens is 372 g/mol. The first-order chi connectivity index (χ1) is 11.3. The fourth-order valence-electron chi connectivity index (χ4n) is 2.49. The number of aromatic nitrogens is 1. The monoisotopic (exact) mass is 390 g/mol. The predicted octanol–water partition coefficient (Wildman–Crippen LogP) is 3.90. The Bertz CT molecular complexity index is 806. The largest absolute Gasteiger partial charge is 0.361 e. The highest BCUT2D eigenvalue weighted by Gasteiger charge is 2.04. The number of thiophene rings is 1. The third-order valence-corrected chi connectivity index (χ3v) is 5.33. The van der Waals surface area contributed by atoms with E-state index in [1.165, 1.54) is 21.3 Å². The van der Waals surface area contributed by atoms with Gasteiger partial charge in [0.15, 0.2) is 5.96 Å². The highest BCUT2D eigenvalue weighted by Crippen LogP contribution is 2.19. The van der Waals surface area contributed by atoms with E-state index in [1.807, 2.05) is 0 Å². The molecule has 0 radical (unpaired) electrons. The van der Waals surface area contributed by atoms with Crippen molar-refractivity contribution in [2.45, 2.75) is 13.0 Å². The van der Waals surface area contributed by atoms with E-state index in [9.17, 15) is 0 Å². The van der Waals surface area contributed by atoms with Crippen LogP contribution in [0, 0.1) is 0 Å². The first kappa shape index (κ1) is 16.1. The van der Waals surface area contributed by atoms with Gasteiger partial charge in [-0.25, -0.2) is 0 Å². The van der Waals surface area contributed by atoms with Crippen LogP contribution in [0.15, 0.2) is 51.4 Å². The van der Waals surface area contributed by atoms with Crippen LogP contribution >= 0.6 is 27.3 Å². The minimum Gasteiger partial charge on any atom is -0.361 e. The Balaban J connectivity index is 1.50. The van der Waals surface area contributed by atoms with Gasteiger partial charge in [-0.15, -0.1) is 11.3 Å². The summed E-state index contributed by atoms with van der Waals surface area (Å²) in [6, 6.07) is 10.5. The van der Waals surface area contributed by atoms with E-state index in [-0.39, 0.29) is 0 Å². The Morgan fingerprint density at radius 3 is 2.96 bits per heavy atom. The van der Waals surface area contributed by atoms with Crippen molar-refractivity contribution in [3.8, 4) is 0 Å². The molecule has 1 aromatic carbocycles. The van der Waals surface area contributed by atoms with Crippen LogP contribution in [0.4, 0.5) is 0 Å². The summed E-state index contributed by atoms with van der Waals surface area (Å²) in [6.07, 6.45) is 3.04. The Hall–Kier alpha value is -1.79. The maximum atomic E-state index is 4.27. The van der Waals surface area contributed by atoms with Gasteiger partial charge in [-0.05, 0) is 40.0 Å². The van der Waals surface area contributed by atoms with E-state index >= 15 is 0 Å². The summed E-state index contributed by atoms with van der Waals surface area (Å²) in [5, 5.41) is 10.1. The molecule has 3 aromatic rings. The molecule has 0 saturated heterocycles. The van der Waals surface area contributed by atoms with Gasteiger partial charge in [0.2, 0.25) is 0 Å². The van der Waals surface area contributed by atoms with Crippen LogP contribution in [0.25, 0.3) is 10.9 Å². The summed E-state index contributed by atoms with van der Waals surface area (Å²) < 4.78 is 1.13. The van der Waals surface area contributed by atoms with Crippen molar-refractivity contribution in [2.75, 3.05) is 13.6 Å². The van der Waals surface area contributed by atoms with Crippen molar-refractivity contribution in [2.24, 2.45) is 4.99 Å². The van der Waals surface area contributed by atoms with Crippen LogP contribution in [0.2, 0.25) is 0 Å². The Morgan fingerprint density at radius 1 is 1.30 bits per heavy atom. The second kappa shape index (κ2) is 7.66. The SMILES string of the molecule is CN=C(NCCc1c[nH]c2ccccc12)NCc1cc(Br)cs1. The van der Waals surface area contributed by atoms with Gasteiger partial charge in [-0.1, -0.05) is 18.2 Å². The molecule has 3 rings (SSSR count). The zero-order valence-corrected chi connectivity index (χ0v) is 15.3. The van der Waals surface area contributed by atoms with E-state index in [4.69, 9.17) is 0 Å². The quantitative estimate of drug-likeness (QED) is 0.457. The highest BCUT2D eigenvalue weighted by atomic mass is 79.9. The number of rotatable bonds is 5. The van der Waals surface area contributed by atoms with E-state index in [2.05, 4.69) is 78.4 Å². The average Bonchev–Trinajstić information content (AvgIpc) is 3.17. The van der Waals surface area contributed by atoms with Crippen LogP contribution in [-0.4, -0.2) is 24.5 Å². The van der Waals surface area contributed by atoms with Gasteiger partial charge < -0.3 is 15.6 Å². The number of nitrogens with one attached hydrogen (secondary N) is 3. The third-order valence-electron chi connectivity index (χ3n) is 3.64. The second-order valence-electron chi connectivity index (χ2n) is 5.19. The molecule has 23 heavy (non-hydrogen) atoms. The number of aliphatic imine (C=N–C) groups is 1. The molecule has 0 saturated carbocycles. The minimum absolute atomic E-state index is 0.781. The van der Waals surface area contributed by atoms with Crippen molar-refractivity contribution in [1.82, 2.24) is 15.6 Å². The molecule has 0 spiro atoms. The lowest BCUT2D eigenvalue weighted by Crippen LogP contribution is -2.37. The predicted molar refractivity (Wildman–Crippen MR) is 102 cm³/mol. The molecule has 0 fully saturated rings. The number of halogens is 1. The molecule has 0 amide bonds. The zero-order valence-electron chi connectivity index (χ0n) is 12.9. The summed E-state index contributed by atoms with van der Waals surface area (Å²) in [7, 11) is 1.80. The van der Waals surface area contributed by atoms with Crippen LogP contribution < -0.4 is 10.6 Å². The van der Waals surface area contributed by atoms with Gasteiger partial charge in [0, 0.05) is 45.4 Å². The van der Waals surface area contributed by atoms with Gasteiger partial charge >= 0.3 is 0 Å². The average molecular weight is 391 g/mol. The van der Waals surface area contributed by atoms with Crippen LogP contribution in [-0.2, 0) is 13.0 Å². The number of hydrogen-bond acceptors (Lipinski definition) is 2. The first-order valence-corrected chi connectivity index (χ1v) is 9.16. The standard InChI is InChI=1S/C17H19BrN4S/c1-19-17(22-10-14-8-13(18)11-23-14)20-7-6-12-9-21-16-5-3-2-4-15(12)16/h2-5,8-9,11,21H,6-7,10H2,1H3,(H2,19,20,22). The molecule has 3 N–H and O–H groups in total. The van der Waals surface area contributed by atoms with E-state index in [0.717, 1.165) is 29.9 Å². The number of para-hydroxylation sites is 1. The van der Waals surface area contributed by atoms with Crippen molar-refractivity contribution in [3.63, 3.8) is 0 Å². The molecule has 0 aliphatic rings. The Labute approximate surface area is 148 Å². The lowest BCUT2D eigenvalue weighted by Gasteiger charge is -2.10. The normalized spacial score (nSPS) is 11.8. The number of aromatic amines is 1. The lowest BCUT2D eigenvalue weighted by atomic mass is 10.1. The molecule has 0 bridgehead atoms. The molecule has 2 heterocycles. The van der Waals surface area contributed by atoms with Gasteiger partial charge in [0.05, 0.1) is 6.54 Å². The maximum Gasteiger partial charge on any atom is 0.191 e. The fourth-order valence-corrected chi connectivity index (χ4v) is 3.88. The van der Waals surface area contributed by atoms with Crippen molar-refractivity contribution in [3.05, 3.63) is 56.8 Å². The first-order valence-electron chi connectivity index (χ1n) is 7.48. The molecule has 120 valence electrons. The molecular formula is C17H19BrN4S. The van der Waals surface area contributed by atoms with Crippen molar-refractivity contribution in [1.29, 1.82) is 0 Å².